The Morgan fingerprint density at radius 2 is 1.65 bits per heavy atom. The second-order valence-electron chi connectivity index (χ2n) is 6.13. The zero-order valence-electron chi connectivity index (χ0n) is 15.2. The van der Waals surface area contributed by atoms with Crippen LogP contribution < -0.4 is 5.32 Å². The number of carbonyl (C=O) groups excluding carboxylic acids is 2. The highest BCUT2D eigenvalue weighted by atomic mass is 19.1. The molecule has 0 spiro atoms. The zero-order valence-corrected chi connectivity index (χ0v) is 15.2. The molecule has 0 aliphatic carbocycles. The highest BCUT2D eigenvalue weighted by Gasteiger charge is 2.28. The largest absolute Gasteiger partial charge is 0.355 e. The summed E-state index contributed by atoms with van der Waals surface area (Å²) in [5, 5.41) is 2.80. The molecule has 0 fully saturated rings. The molecule has 0 saturated heterocycles. The molecule has 0 aliphatic heterocycles. The van der Waals surface area contributed by atoms with Gasteiger partial charge in [-0.15, -0.1) is 0 Å². The Labute approximate surface area is 154 Å². The van der Waals surface area contributed by atoms with E-state index in [9.17, 15) is 14.0 Å². The molecule has 2 aromatic carbocycles. The second-order valence-corrected chi connectivity index (χ2v) is 6.13. The van der Waals surface area contributed by atoms with Crippen molar-refractivity contribution < 1.29 is 14.0 Å². The van der Waals surface area contributed by atoms with E-state index in [-0.39, 0.29) is 30.6 Å². The number of nitrogens with one attached hydrogen (secondary N) is 1. The number of likely N-dealkylation sites (N-methyl/N-ethyl adjacent to an activating group) is 1. The molecule has 26 heavy (non-hydrogen) atoms. The van der Waals surface area contributed by atoms with Crippen LogP contribution in [-0.4, -0.2) is 29.3 Å². The lowest BCUT2D eigenvalue weighted by Crippen LogP contribution is -2.49. The third-order valence-corrected chi connectivity index (χ3v) is 4.20. The van der Waals surface area contributed by atoms with Crippen molar-refractivity contribution in [2.24, 2.45) is 0 Å². The molecule has 2 aromatic rings. The van der Waals surface area contributed by atoms with E-state index in [4.69, 9.17) is 0 Å². The topological polar surface area (TPSA) is 49.4 Å². The molecule has 1 N–H and O–H groups in total. The monoisotopic (exact) mass is 356 g/mol. The quantitative estimate of drug-likeness (QED) is 0.789. The molecule has 1 atom stereocenters. The molecule has 1 unspecified atom stereocenters. The number of rotatable bonds is 8. The van der Waals surface area contributed by atoms with Crippen molar-refractivity contribution in [3.8, 4) is 0 Å². The van der Waals surface area contributed by atoms with Crippen molar-refractivity contribution in [1.82, 2.24) is 10.2 Å². The maximum absolute atomic E-state index is 13.2. The number of amides is 2. The summed E-state index contributed by atoms with van der Waals surface area (Å²) in [6.45, 7) is 4.50. The van der Waals surface area contributed by atoms with Gasteiger partial charge in [0.05, 0.1) is 6.42 Å². The van der Waals surface area contributed by atoms with Gasteiger partial charge in [-0.2, -0.15) is 0 Å². The molecule has 2 rings (SSSR count). The SMILES string of the molecule is CCNC(=O)C(CC)N(Cc1ccc(F)cc1)C(=O)Cc1ccccc1. The maximum Gasteiger partial charge on any atom is 0.242 e. The van der Waals surface area contributed by atoms with Crippen molar-refractivity contribution in [3.63, 3.8) is 0 Å². The molecule has 0 heterocycles. The fourth-order valence-corrected chi connectivity index (χ4v) is 2.87. The Balaban J connectivity index is 2.25. The summed E-state index contributed by atoms with van der Waals surface area (Å²) >= 11 is 0. The average Bonchev–Trinajstić information content (AvgIpc) is 2.64. The highest BCUT2D eigenvalue weighted by molar-refractivity contribution is 5.88. The van der Waals surface area contributed by atoms with E-state index >= 15 is 0 Å². The standard InChI is InChI=1S/C21H25FN2O2/c1-3-19(21(26)23-4-2)24(15-17-10-12-18(22)13-11-17)20(25)14-16-8-6-5-7-9-16/h5-13,19H,3-4,14-15H2,1-2H3,(H,23,26). The molecule has 138 valence electrons. The van der Waals surface area contributed by atoms with Crippen LogP contribution in [0.5, 0.6) is 0 Å². The second kappa shape index (κ2) is 9.70. The first-order valence-corrected chi connectivity index (χ1v) is 8.90. The van der Waals surface area contributed by atoms with Crippen LogP contribution in [0.1, 0.15) is 31.4 Å². The molecule has 0 saturated carbocycles. The van der Waals surface area contributed by atoms with Gasteiger partial charge in [0.25, 0.3) is 0 Å². The number of halogens is 1. The minimum Gasteiger partial charge on any atom is -0.355 e. The molecule has 5 heteroatoms. The van der Waals surface area contributed by atoms with Crippen LogP contribution in [-0.2, 0) is 22.6 Å². The van der Waals surface area contributed by atoms with Crippen LogP contribution in [0, 0.1) is 5.82 Å². The summed E-state index contributed by atoms with van der Waals surface area (Å²) in [4.78, 5) is 27.0. The van der Waals surface area contributed by atoms with Crippen LogP contribution in [0.15, 0.2) is 54.6 Å². The zero-order chi connectivity index (χ0) is 18.9. The van der Waals surface area contributed by atoms with Crippen molar-refractivity contribution in [2.45, 2.75) is 39.3 Å². The summed E-state index contributed by atoms with van der Waals surface area (Å²) in [6, 6.07) is 14.9. The molecule has 2 amide bonds. The third kappa shape index (κ3) is 5.41. The van der Waals surface area contributed by atoms with Crippen molar-refractivity contribution in [2.75, 3.05) is 6.54 Å². The van der Waals surface area contributed by atoms with Gasteiger partial charge in [-0.05, 0) is 36.6 Å². The average molecular weight is 356 g/mol. The number of benzene rings is 2. The van der Waals surface area contributed by atoms with E-state index in [1.165, 1.54) is 12.1 Å². The fraction of sp³-hybridized carbons (Fsp3) is 0.333. The number of hydrogen-bond acceptors (Lipinski definition) is 2. The maximum atomic E-state index is 13.2. The number of nitrogens with zero attached hydrogens (tertiary/aromatic N) is 1. The van der Waals surface area contributed by atoms with Gasteiger partial charge in [-0.25, -0.2) is 4.39 Å². The van der Waals surface area contributed by atoms with Crippen LogP contribution in [0.4, 0.5) is 4.39 Å². The van der Waals surface area contributed by atoms with E-state index in [1.807, 2.05) is 44.2 Å². The molecule has 0 radical (unpaired) electrons. The van der Waals surface area contributed by atoms with E-state index in [0.717, 1.165) is 11.1 Å². The first kappa shape index (κ1) is 19.6. The van der Waals surface area contributed by atoms with E-state index in [1.54, 1.807) is 17.0 Å². The summed E-state index contributed by atoms with van der Waals surface area (Å²) in [7, 11) is 0. The van der Waals surface area contributed by atoms with Crippen molar-refractivity contribution >= 4 is 11.8 Å². The Kier molecular flexibility index (Phi) is 7.33. The van der Waals surface area contributed by atoms with E-state index in [2.05, 4.69) is 5.32 Å². The lowest BCUT2D eigenvalue weighted by Gasteiger charge is -2.30. The Hall–Kier alpha value is -2.69. The van der Waals surface area contributed by atoms with Crippen LogP contribution in [0.25, 0.3) is 0 Å². The molecule has 0 aliphatic rings. The normalized spacial score (nSPS) is 11.7. The summed E-state index contributed by atoms with van der Waals surface area (Å²) in [5.41, 5.74) is 1.68. The Morgan fingerprint density at radius 1 is 1.00 bits per heavy atom. The van der Waals surface area contributed by atoms with Gasteiger partial charge in [0.1, 0.15) is 11.9 Å². The van der Waals surface area contributed by atoms with Crippen molar-refractivity contribution in [3.05, 3.63) is 71.5 Å². The predicted octanol–water partition coefficient (Wildman–Crippen LogP) is 3.31. The van der Waals surface area contributed by atoms with Gasteiger partial charge in [0.15, 0.2) is 0 Å². The first-order chi connectivity index (χ1) is 12.5. The fourth-order valence-electron chi connectivity index (χ4n) is 2.87. The molecule has 0 aromatic heterocycles. The van der Waals surface area contributed by atoms with Gasteiger partial charge in [0, 0.05) is 13.1 Å². The smallest absolute Gasteiger partial charge is 0.242 e. The molecular weight excluding hydrogens is 331 g/mol. The van der Waals surface area contributed by atoms with Crippen LogP contribution in [0.2, 0.25) is 0 Å². The number of carbonyl (C=O) groups is 2. The molecular formula is C21H25FN2O2. The first-order valence-electron chi connectivity index (χ1n) is 8.90. The Bertz CT molecular complexity index is 717. The van der Waals surface area contributed by atoms with Gasteiger partial charge in [0.2, 0.25) is 11.8 Å². The predicted molar refractivity (Wildman–Crippen MR) is 99.9 cm³/mol. The van der Waals surface area contributed by atoms with Gasteiger partial charge >= 0.3 is 0 Å². The summed E-state index contributed by atoms with van der Waals surface area (Å²) in [5.74, 6) is -0.621. The minimum absolute atomic E-state index is 0.126. The Morgan fingerprint density at radius 3 is 2.23 bits per heavy atom. The van der Waals surface area contributed by atoms with Gasteiger partial charge in [-0.3, -0.25) is 9.59 Å². The molecule has 4 nitrogen and oxygen atoms in total. The van der Waals surface area contributed by atoms with Gasteiger partial charge in [-0.1, -0.05) is 49.4 Å². The van der Waals surface area contributed by atoms with Gasteiger partial charge < -0.3 is 10.2 Å². The minimum atomic E-state index is -0.559. The van der Waals surface area contributed by atoms with Crippen LogP contribution in [0.3, 0.4) is 0 Å². The molecule has 0 bridgehead atoms. The highest BCUT2D eigenvalue weighted by Crippen LogP contribution is 2.15. The third-order valence-electron chi connectivity index (χ3n) is 4.20. The summed E-state index contributed by atoms with van der Waals surface area (Å²) < 4.78 is 13.2. The summed E-state index contributed by atoms with van der Waals surface area (Å²) in [6.07, 6.45) is 0.728. The van der Waals surface area contributed by atoms with Crippen LogP contribution >= 0.6 is 0 Å². The lowest BCUT2D eigenvalue weighted by molar-refractivity contribution is -0.140. The number of hydrogen-bond donors (Lipinski definition) is 1. The van der Waals surface area contributed by atoms with Crippen molar-refractivity contribution in [1.29, 1.82) is 0 Å². The van der Waals surface area contributed by atoms with E-state index in [0.29, 0.717) is 13.0 Å². The van der Waals surface area contributed by atoms with E-state index < -0.39 is 6.04 Å². The lowest BCUT2D eigenvalue weighted by atomic mass is 10.1.